The van der Waals surface area contributed by atoms with Crippen molar-refractivity contribution in [3.63, 3.8) is 0 Å². The Morgan fingerprint density at radius 2 is 1.96 bits per heavy atom. The van der Waals surface area contributed by atoms with E-state index in [-0.39, 0.29) is 5.91 Å². The van der Waals surface area contributed by atoms with Crippen molar-refractivity contribution in [3.05, 3.63) is 75.3 Å². The van der Waals surface area contributed by atoms with Crippen LogP contribution in [0.3, 0.4) is 0 Å². The summed E-state index contributed by atoms with van der Waals surface area (Å²) in [7, 11) is 0. The Morgan fingerprint density at radius 1 is 1.17 bits per heavy atom. The Balaban J connectivity index is 1.67. The smallest absolute Gasteiger partial charge is 0.257 e. The van der Waals surface area contributed by atoms with Crippen LogP contribution in [0.25, 0.3) is 0 Å². The third kappa shape index (κ3) is 4.15. The summed E-state index contributed by atoms with van der Waals surface area (Å²) in [5.74, 6) is -0.178. The molecule has 116 valence electrons. The van der Waals surface area contributed by atoms with Crippen molar-refractivity contribution < 1.29 is 4.79 Å². The van der Waals surface area contributed by atoms with Crippen LogP contribution in [0.5, 0.6) is 0 Å². The normalized spacial score (nSPS) is 10.5. The molecule has 1 aromatic heterocycles. The summed E-state index contributed by atoms with van der Waals surface area (Å²) in [5.41, 5.74) is 2.75. The van der Waals surface area contributed by atoms with Crippen molar-refractivity contribution in [1.82, 2.24) is 10.2 Å². The lowest BCUT2D eigenvalue weighted by Crippen LogP contribution is -2.11. The van der Waals surface area contributed by atoms with Gasteiger partial charge in [0.15, 0.2) is 0 Å². The summed E-state index contributed by atoms with van der Waals surface area (Å²) in [6.07, 6.45) is 0.662. The van der Waals surface area contributed by atoms with E-state index in [1.165, 1.54) is 11.3 Å². The molecule has 6 heteroatoms. The van der Waals surface area contributed by atoms with Crippen molar-refractivity contribution >= 4 is 34.0 Å². The van der Waals surface area contributed by atoms with Crippen molar-refractivity contribution in [2.24, 2.45) is 0 Å². The van der Waals surface area contributed by atoms with E-state index in [0.717, 1.165) is 16.1 Å². The molecule has 0 spiro atoms. The van der Waals surface area contributed by atoms with Crippen LogP contribution in [0.4, 0.5) is 5.13 Å². The van der Waals surface area contributed by atoms with Crippen LogP contribution in [0, 0.1) is 6.92 Å². The summed E-state index contributed by atoms with van der Waals surface area (Å²) < 4.78 is 0. The maximum Gasteiger partial charge on any atom is 0.257 e. The Hall–Kier alpha value is -2.24. The van der Waals surface area contributed by atoms with E-state index in [4.69, 9.17) is 11.6 Å². The van der Waals surface area contributed by atoms with Gasteiger partial charge in [0, 0.05) is 17.0 Å². The van der Waals surface area contributed by atoms with E-state index < -0.39 is 0 Å². The van der Waals surface area contributed by atoms with Crippen LogP contribution in [-0.2, 0) is 6.42 Å². The molecular weight excluding hydrogens is 330 g/mol. The van der Waals surface area contributed by atoms with E-state index in [2.05, 4.69) is 15.5 Å². The molecule has 3 rings (SSSR count). The van der Waals surface area contributed by atoms with E-state index in [9.17, 15) is 4.79 Å². The zero-order valence-corrected chi connectivity index (χ0v) is 14.0. The second-order valence-electron chi connectivity index (χ2n) is 5.13. The average molecular weight is 344 g/mol. The predicted octanol–water partition coefficient (Wildman–Crippen LogP) is 4.34. The predicted molar refractivity (Wildman–Crippen MR) is 93.3 cm³/mol. The number of carbonyl (C=O) groups is 1. The van der Waals surface area contributed by atoms with Crippen LogP contribution in [0.15, 0.2) is 48.5 Å². The topological polar surface area (TPSA) is 54.9 Å². The monoisotopic (exact) mass is 343 g/mol. The molecule has 3 aromatic rings. The molecule has 2 aromatic carbocycles. The fourth-order valence-corrected chi connectivity index (χ4v) is 3.00. The molecule has 0 aliphatic carbocycles. The second-order valence-corrected chi connectivity index (χ2v) is 6.63. The minimum absolute atomic E-state index is 0.178. The fraction of sp³-hybridized carbons (Fsp3) is 0.118. The molecule has 1 heterocycles. The highest BCUT2D eigenvalue weighted by molar-refractivity contribution is 7.15. The SMILES string of the molecule is Cc1cccc(C(=O)Nc2nnc(Cc3ccc(Cl)cc3)s2)c1. The van der Waals surface area contributed by atoms with Crippen molar-refractivity contribution in [2.45, 2.75) is 13.3 Å². The first kappa shape index (κ1) is 15.6. The third-order valence-electron chi connectivity index (χ3n) is 3.24. The quantitative estimate of drug-likeness (QED) is 0.766. The third-order valence-corrected chi connectivity index (χ3v) is 4.33. The van der Waals surface area contributed by atoms with Crippen LogP contribution in [0.1, 0.15) is 26.5 Å². The van der Waals surface area contributed by atoms with Crippen molar-refractivity contribution in [1.29, 1.82) is 0 Å². The first-order chi connectivity index (χ1) is 11.1. The average Bonchev–Trinajstić information content (AvgIpc) is 2.96. The van der Waals surface area contributed by atoms with Gasteiger partial charge in [-0.15, -0.1) is 10.2 Å². The number of halogens is 1. The minimum atomic E-state index is -0.178. The zero-order chi connectivity index (χ0) is 16.2. The number of hydrogen-bond donors (Lipinski definition) is 1. The molecule has 0 fully saturated rings. The Morgan fingerprint density at radius 3 is 2.70 bits per heavy atom. The Kier molecular flexibility index (Phi) is 4.69. The molecule has 1 N–H and O–H groups in total. The van der Waals surface area contributed by atoms with Gasteiger partial charge in [0.2, 0.25) is 5.13 Å². The molecule has 0 saturated heterocycles. The van der Waals surface area contributed by atoms with Crippen LogP contribution in [0.2, 0.25) is 5.02 Å². The number of aromatic nitrogens is 2. The number of carbonyl (C=O) groups excluding carboxylic acids is 1. The van der Waals surface area contributed by atoms with Crippen LogP contribution >= 0.6 is 22.9 Å². The first-order valence-electron chi connectivity index (χ1n) is 7.05. The maximum atomic E-state index is 12.2. The molecule has 0 aliphatic heterocycles. The number of benzene rings is 2. The highest BCUT2D eigenvalue weighted by Crippen LogP contribution is 2.20. The number of aryl methyl sites for hydroxylation is 1. The van der Waals surface area contributed by atoms with Crippen LogP contribution < -0.4 is 5.32 Å². The molecular formula is C17H14ClN3OS. The molecule has 4 nitrogen and oxygen atoms in total. The second kappa shape index (κ2) is 6.89. The number of nitrogens with one attached hydrogen (secondary N) is 1. The molecule has 0 saturated carbocycles. The number of nitrogens with zero attached hydrogens (tertiary/aromatic N) is 2. The molecule has 0 aliphatic rings. The summed E-state index contributed by atoms with van der Waals surface area (Å²) >= 11 is 7.24. The molecule has 23 heavy (non-hydrogen) atoms. The lowest BCUT2D eigenvalue weighted by Gasteiger charge is -2.01. The van der Waals surface area contributed by atoms with E-state index in [1.807, 2.05) is 49.4 Å². The summed E-state index contributed by atoms with van der Waals surface area (Å²) in [4.78, 5) is 12.2. The van der Waals surface area contributed by atoms with Gasteiger partial charge < -0.3 is 0 Å². The summed E-state index contributed by atoms with van der Waals surface area (Å²) in [6, 6.07) is 15.0. The van der Waals surface area contributed by atoms with Gasteiger partial charge in [-0.25, -0.2) is 0 Å². The zero-order valence-electron chi connectivity index (χ0n) is 12.4. The Bertz CT molecular complexity index is 830. The first-order valence-corrected chi connectivity index (χ1v) is 8.24. The van der Waals surface area contributed by atoms with E-state index in [1.54, 1.807) is 6.07 Å². The number of rotatable bonds is 4. The molecule has 0 atom stereocenters. The minimum Gasteiger partial charge on any atom is -0.296 e. The number of anilines is 1. The Labute approximate surface area is 143 Å². The lowest BCUT2D eigenvalue weighted by molar-refractivity contribution is 0.102. The summed E-state index contributed by atoms with van der Waals surface area (Å²) in [5, 5.41) is 13.0. The van der Waals surface area contributed by atoms with Gasteiger partial charge in [0.05, 0.1) is 0 Å². The van der Waals surface area contributed by atoms with Gasteiger partial charge in [-0.05, 0) is 36.8 Å². The largest absolute Gasteiger partial charge is 0.296 e. The lowest BCUT2D eigenvalue weighted by atomic mass is 10.1. The number of amides is 1. The van der Waals surface area contributed by atoms with E-state index in [0.29, 0.717) is 22.1 Å². The fourth-order valence-electron chi connectivity index (χ4n) is 2.11. The molecule has 0 unspecified atom stereocenters. The van der Waals surface area contributed by atoms with Crippen LogP contribution in [-0.4, -0.2) is 16.1 Å². The van der Waals surface area contributed by atoms with Gasteiger partial charge in [0.1, 0.15) is 5.01 Å². The van der Waals surface area contributed by atoms with E-state index >= 15 is 0 Å². The maximum absolute atomic E-state index is 12.2. The summed E-state index contributed by atoms with van der Waals surface area (Å²) in [6.45, 7) is 1.95. The van der Waals surface area contributed by atoms with Gasteiger partial charge in [0.25, 0.3) is 5.91 Å². The van der Waals surface area contributed by atoms with Crippen molar-refractivity contribution in [2.75, 3.05) is 5.32 Å². The van der Waals surface area contributed by atoms with Gasteiger partial charge >= 0.3 is 0 Å². The van der Waals surface area contributed by atoms with Gasteiger partial charge in [-0.1, -0.05) is 52.8 Å². The van der Waals surface area contributed by atoms with Gasteiger partial charge in [-0.2, -0.15) is 0 Å². The standard InChI is InChI=1S/C17H14ClN3OS/c1-11-3-2-4-13(9-11)16(22)19-17-21-20-15(23-17)10-12-5-7-14(18)8-6-12/h2-9H,10H2,1H3,(H,19,21,22). The van der Waals surface area contributed by atoms with Crippen molar-refractivity contribution in [3.8, 4) is 0 Å². The highest BCUT2D eigenvalue weighted by atomic mass is 35.5. The number of hydrogen-bond acceptors (Lipinski definition) is 4. The van der Waals surface area contributed by atoms with Gasteiger partial charge in [-0.3, -0.25) is 10.1 Å². The molecule has 0 radical (unpaired) electrons. The molecule has 1 amide bonds. The molecule has 0 bridgehead atoms. The highest BCUT2D eigenvalue weighted by Gasteiger charge is 2.10.